The van der Waals surface area contributed by atoms with Crippen LogP contribution in [0.1, 0.15) is 18.3 Å². The van der Waals surface area contributed by atoms with Crippen molar-refractivity contribution in [3.63, 3.8) is 0 Å². The fourth-order valence-corrected chi connectivity index (χ4v) is 1.81. The molecule has 0 saturated carbocycles. The van der Waals surface area contributed by atoms with Gasteiger partial charge in [0.2, 0.25) is 0 Å². The molecule has 2 rings (SSSR count). The number of hydrogen-bond acceptors (Lipinski definition) is 3. The van der Waals surface area contributed by atoms with Crippen LogP contribution >= 0.6 is 0 Å². The number of benzene rings is 1. The first-order chi connectivity index (χ1) is 9.10. The van der Waals surface area contributed by atoms with Gasteiger partial charge in [-0.15, -0.1) is 0 Å². The van der Waals surface area contributed by atoms with Crippen molar-refractivity contribution in [2.45, 2.75) is 26.3 Å². The summed E-state index contributed by atoms with van der Waals surface area (Å²) in [5, 5.41) is 3.96. The SMILES string of the molecule is CCn1ncnc1CC(=O)Cc1ccc(F)c(F)c1. The quantitative estimate of drug-likeness (QED) is 0.830. The molecule has 0 amide bonds. The monoisotopic (exact) mass is 265 g/mol. The highest BCUT2D eigenvalue weighted by Crippen LogP contribution is 2.10. The molecular weight excluding hydrogens is 252 g/mol. The van der Waals surface area contributed by atoms with Crippen molar-refractivity contribution in [3.05, 3.63) is 47.5 Å². The number of carbonyl (C=O) groups excluding carboxylic acids is 1. The summed E-state index contributed by atoms with van der Waals surface area (Å²) in [6, 6.07) is 3.46. The summed E-state index contributed by atoms with van der Waals surface area (Å²) in [5.41, 5.74) is 0.450. The van der Waals surface area contributed by atoms with Gasteiger partial charge in [0.05, 0.1) is 6.42 Å². The molecule has 6 heteroatoms. The van der Waals surface area contributed by atoms with Crippen LogP contribution in [-0.4, -0.2) is 20.5 Å². The van der Waals surface area contributed by atoms with Crippen molar-refractivity contribution in [1.29, 1.82) is 0 Å². The summed E-state index contributed by atoms with van der Waals surface area (Å²) < 4.78 is 27.4. The first-order valence-corrected chi connectivity index (χ1v) is 5.92. The van der Waals surface area contributed by atoms with Crippen LogP contribution in [0.2, 0.25) is 0 Å². The topological polar surface area (TPSA) is 47.8 Å². The average molecular weight is 265 g/mol. The van der Waals surface area contributed by atoms with Gasteiger partial charge < -0.3 is 0 Å². The molecule has 0 spiro atoms. The van der Waals surface area contributed by atoms with Gasteiger partial charge in [-0.3, -0.25) is 4.79 Å². The Labute approximate surface area is 109 Å². The van der Waals surface area contributed by atoms with Crippen molar-refractivity contribution in [2.24, 2.45) is 0 Å². The predicted octanol–water partition coefficient (Wildman–Crippen LogP) is 1.93. The summed E-state index contributed by atoms with van der Waals surface area (Å²) in [6.45, 7) is 2.53. The van der Waals surface area contributed by atoms with Crippen molar-refractivity contribution >= 4 is 5.78 Å². The Kier molecular flexibility index (Phi) is 3.99. The number of hydrogen-bond donors (Lipinski definition) is 0. The predicted molar refractivity (Wildman–Crippen MR) is 64.5 cm³/mol. The molecule has 0 atom stereocenters. The zero-order valence-electron chi connectivity index (χ0n) is 10.4. The van der Waals surface area contributed by atoms with Gasteiger partial charge in [0.25, 0.3) is 0 Å². The number of aryl methyl sites for hydroxylation is 1. The van der Waals surface area contributed by atoms with Crippen molar-refractivity contribution < 1.29 is 13.6 Å². The van der Waals surface area contributed by atoms with E-state index in [0.717, 1.165) is 12.1 Å². The molecule has 1 aromatic carbocycles. The number of rotatable bonds is 5. The van der Waals surface area contributed by atoms with Gasteiger partial charge in [-0.25, -0.2) is 18.4 Å². The minimum atomic E-state index is -0.943. The normalized spacial score (nSPS) is 10.7. The molecule has 100 valence electrons. The van der Waals surface area contributed by atoms with E-state index in [-0.39, 0.29) is 18.6 Å². The van der Waals surface area contributed by atoms with Crippen molar-refractivity contribution in [1.82, 2.24) is 14.8 Å². The van der Waals surface area contributed by atoms with Crippen LogP contribution in [0.3, 0.4) is 0 Å². The molecule has 0 fully saturated rings. The van der Waals surface area contributed by atoms with Gasteiger partial charge in [-0.1, -0.05) is 6.07 Å². The summed E-state index contributed by atoms with van der Waals surface area (Å²) >= 11 is 0. The second-order valence-electron chi connectivity index (χ2n) is 4.13. The van der Waals surface area contributed by atoms with Gasteiger partial charge in [-0.05, 0) is 24.6 Å². The minimum Gasteiger partial charge on any atom is -0.299 e. The Bertz CT molecular complexity index is 595. The van der Waals surface area contributed by atoms with Gasteiger partial charge in [0.1, 0.15) is 17.9 Å². The number of ketones is 1. The molecule has 0 bridgehead atoms. The number of aromatic nitrogens is 3. The Hall–Kier alpha value is -2.11. The van der Waals surface area contributed by atoms with E-state index < -0.39 is 11.6 Å². The lowest BCUT2D eigenvalue weighted by Crippen LogP contribution is -2.12. The van der Waals surface area contributed by atoms with Crippen molar-refractivity contribution in [2.75, 3.05) is 0 Å². The third kappa shape index (κ3) is 3.21. The van der Waals surface area contributed by atoms with E-state index in [1.54, 1.807) is 4.68 Å². The zero-order chi connectivity index (χ0) is 13.8. The number of carbonyl (C=O) groups is 1. The fraction of sp³-hybridized carbons (Fsp3) is 0.308. The van der Waals surface area contributed by atoms with Crippen LogP contribution in [0.15, 0.2) is 24.5 Å². The molecule has 19 heavy (non-hydrogen) atoms. The van der Waals surface area contributed by atoms with Gasteiger partial charge in [0, 0.05) is 13.0 Å². The van der Waals surface area contributed by atoms with Crippen LogP contribution in [0, 0.1) is 11.6 Å². The highest BCUT2D eigenvalue weighted by molar-refractivity contribution is 5.82. The maximum atomic E-state index is 13.0. The van der Waals surface area contributed by atoms with Gasteiger partial charge >= 0.3 is 0 Å². The third-order valence-corrected chi connectivity index (χ3v) is 2.74. The smallest absolute Gasteiger partial charge is 0.159 e. The molecule has 0 saturated heterocycles. The number of Topliss-reactive ketones (excluding diaryl/α,β-unsaturated/α-hetero) is 1. The van der Waals surface area contributed by atoms with Crippen LogP contribution in [0.4, 0.5) is 8.78 Å². The summed E-state index contributed by atoms with van der Waals surface area (Å²) in [5.74, 6) is -1.40. The lowest BCUT2D eigenvalue weighted by atomic mass is 10.1. The van der Waals surface area contributed by atoms with E-state index >= 15 is 0 Å². The van der Waals surface area contributed by atoms with E-state index in [4.69, 9.17) is 0 Å². The molecule has 4 nitrogen and oxygen atoms in total. The first-order valence-electron chi connectivity index (χ1n) is 5.92. The molecule has 0 radical (unpaired) electrons. The molecule has 0 aliphatic heterocycles. The van der Waals surface area contributed by atoms with Crippen LogP contribution < -0.4 is 0 Å². The number of halogens is 2. The highest BCUT2D eigenvalue weighted by Gasteiger charge is 2.11. The highest BCUT2D eigenvalue weighted by atomic mass is 19.2. The van der Waals surface area contributed by atoms with Crippen LogP contribution in [0.5, 0.6) is 0 Å². The zero-order valence-corrected chi connectivity index (χ0v) is 10.4. The van der Waals surface area contributed by atoms with E-state index in [9.17, 15) is 13.6 Å². The van der Waals surface area contributed by atoms with Crippen molar-refractivity contribution in [3.8, 4) is 0 Å². The van der Waals surface area contributed by atoms with Gasteiger partial charge in [-0.2, -0.15) is 5.10 Å². The standard InChI is InChI=1S/C13H13F2N3O/c1-2-18-13(16-8-17-18)7-10(19)5-9-3-4-11(14)12(15)6-9/h3-4,6,8H,2,5,7H2,1H3. The minimum absolute atomic E-state index is 0.0494. The summed E-state index contributed by atoms with van der Waals surface area (Å²) in [4.78, 5) is 15.8. The fourth-order valence-electron chi connectivity index (χ4n) is 1.81. The number of nitrogens with zero attached hydrogens (tertiary/aromatic N) is 3. The molecule has 2 aromatic rings. The van der Waals surface area contributed by atoms with E-state index in [1.165, 1.54) is 12.4 Å². The lowest BCUT2D eigenvalue weighted by Gasteiger charge is -2.03. The first kappa shape index (κ1) is 13.3. The lowest BCUT2D eigenvalue weighted by molar-refractivity contribution is -0.117. The average Bonchev–Trinajstić information content (AvgIpc) is 2.81. The second-order valence-corrected chi connectivity index (χ2v) is 4.13. The molecular formula is C13H13F2N3O. The molecule has 1 heterocycles. The van der Waals surface area contributed by atoms with E-state index in [0.29, 0.717) is 17.9 Å². The summed E-state index contributed by atoms with van der Waals surface area (Å²) in [6.07, 6.45) is 1.57. The van der Waals surface area contributed by atoms with Crippen LogP contribution in [-0.2, 0) is 24.2 Å². The molecule has 0 N–H and O–H groups in total. The van der Waals surface area contributed by atoms with E-state index in [2.05, 4.69) is 10.1 Å². The third-order valence-electron chi connectivity index (χ3n) is 2.74. The van der Waals surface area contributed by atoms with Crippen LogP contribution in [0.25, 0.3) is 0 Å². The van der Waals surface area contributed by atoms with E-state index in [1.807, 2.05) is 6.92 Å². The molecule has 1 aromatic heterocycles. The largest absolute Gasteiger partial charge is 0.299 e. The molecule has 0 aliphatic carbocycles. The Balaban J connectivity index is 2.03. The maximum absolute atomic E-state index is 13.0. The molecule has 0 aliphatic rings. The maximum Gasteiger partial charge on any atom is 0.159 e. The molecule has 0 unspecified atom stereocenters. The Morgan fingerprint density at radius 3 is 2.74 bits per heavy atom. The van der Waals surface area contributed by atoms with Gasteiger partial charge in [0.15, 0.2) is 11.6 Å². The Morgan fingerprint density at radius 2 is 2.05 bits per heavy atom. The Morgan fingerprint density at radius 1 is 1.26 bits per heavy atom. The summed E-state index contributed by atoms with van der Waals surface area (Å²) in [7, 11) is 0. The second kappa shape index (κ2) is 5.69.